The van der Waals surface area contributed by atoms with Crippen molar-refractivity contribution < 1.29 is 61.4 Å². The summed E-state index contributed by atoms with van der Waals surface area (Å²) in [4.78, 5) is 19.9. The van der Waals surface area contributed by atoms with Crippen molar-refractivity contribution in [3.63, 3.8) is 0 Å². The molecule has 0 fully saturated rings. The van der Waals surface area contributed by atoms with Crippen LogP contribution >= 0.6 is 0 Å². The molecule has 0 N–H and O–H groups in total. The van der Waals surface area contributed by atoms with Gasteiger partial charge in [0.1, 0.15) is 5.78 Å². The van der Waals surface area contributed by atoms with E-state index in [0.717, 1.165) is 6.92 Å². The Labute approximate surface area is 92.0 Å². The zero-order valence-corrected chi connectivity index (χ0v) is 7.63. The summed E-state index contributed by atoms with van der Waals surface area (Å²) in [5.41, 5.74) is 0. The zero-order valence-electron chi connectivity index (χ0n) is 5.49. The monoisotopic (exact) mass is 313 g/mol. The molecule has 11 heavy (non-hydrogen) atoms. The van der Waals surface area contributed by atoms with Gasteiger partial charge >= 0.3 is 6.18 Å². The Morgan fingerprint density at radius 1 is 1.27 bits per heavy atom. The predicted octanol–water partition coefficient (Wildman–Crippen LogP) is 1.10. The van der Waals surface area contributed by atoms with Crippen LogP contribution in [0.2, 0.25) is 0 Å². The average molecular weight is 313 g/mol. The Morgan fingerprint density at radius 2 is 1.64 bits per heavy atom. The zero-order chi connectivity index (χ0) is 8.36. The number of rotatable bonds is 2. The van der Waals surface area contributed by atoms with Crippen LogP contribution < -0.4 is 0 Å². The minimum atomic E-state index is -4.87. The number of carbonyl (C=O) groups excluding carboxylic acids is 2. The van der Waals surface area contributed by atoms with E-state index in [2.05, 4.69) is 0 Å². The minimum absolute atomic E-state index is 0. The quantitative estimate of drug-likeness (QED) is 0.716. The summed E-state index contributed by atoms with van der Waals surface area (Å²) >= 11 is 0. The number of ketones is 2. The number of hydrogen-bond donors (Lipinski definition) is 0. The van der Waals surface area contributed by atoms with E-state index in [-0.39, 0.29) is 38.6 Å². The first-order valence-corrected chi connectivity index (χ1v) is 2.43. The molecule has 2 nitrogen and oxygen atoms in total. The first-order valence-electron chi connectivity index (χ1n) is 2.43. The van der Waals surface area contributed by atoms with E-state index in [1.165, 1.54) is 0 Å². The summed E-state index contributed by atoms with van der Waals surface area (Å²) in [5.74, 6) is -2.76. The third-order valence-electron chi connectivity index (χ3n) is 0.726. The number of carbonyl (C=O) groups is 2. The van der Waals surface area contributed by atoms with E-state index in [0.29, 0.717) is 0 Å². The van der Waals surface area contributed by atoms with Crippen LogP contribution in [0.1, 0.15) is 13.3 Å². The molecule has 1 radical (unpaired) electrons. The van der Waals surface area contributed by atoms with E-state index in [1.807, 2.05) is 0 Å². The topological polar surface area (TPSA) is 34.1 Å². The molecule has 0 saturated heterocycles. The molecule has 0 aromatic carbocycles. The minimum Gasteiger partial charge on any atom is -0.300 e. The fourth-order valence-electron chi connectivity index (χ4n) is 0.326. The van der Waals surface area contributed by atoms with Crippen molar-refractivity contribution >= 4 is 11.6 Å². The second-order valence-electron chi connectivity index (χ2n) is 1.80. The van der Waals surface area contributed by atoms with Crippen LogP contribution in [0.25, 0.3) is 0 Å². The van der Waals surface area contributed by atoms with Crippen LogP contribution in [-0.4, -0.2) is 17.7 Å². The fourth-order valence-corrected chi connectivity index (χ4v) is 0.326. The second-order valence-corrected chi connectivity index (χ2v) is 1.80. The maximum absolute atomic E-state index is 11.3. The Balaban J connectivity index is 0. The molecule has 0 aliphatic carbocycles. The molecule has 0 heterocycles. The molecule has 0 amide bonds. The SMILES string of the molecule is CC(=O)CC(=O)C(F)(F)F.[Tb]. The van der Waals surface area contributed by atoms with Crippen molar-refractivity contribution in [3.8, 4) is 0 Å². The summed E-state index contributed by atoms with van der Waals surface area (Å²) in [5, 5.41) is 0. The largest absolute Gasteiger partial charge is 0.450 e. The van der Waals surface area contributed by atoms with Crippen molar-refractivity contribution in [2.24, 2.45) is 0 Å². The van der Waals surface area contributed by atoms with Gasteiger partial charge in [0.15, 0.2) is 0 Å². The number of Topliss-reactive ketones (excluding diaryl/α,β-unsaturated/α-hetero) is 2. The van der Waals surface area contributed by atoms with Crippen LogP contribution in [-0.2, 0) is 9.59 Å². The van der Waals surface area contributed by atoms with Crippen molar-refractivity contribution in [1.29, 1.82) is 0 Å². The standard InChI is InChI=1S/C5H5F3O2.Tb/c1-3(9)2-4(10)5(6,7)8;/h2H2,1H3;. The Morgan fingerprint density at radius 3 is 1.73 bits per heavy atom. The first-order chi connectivity index (χ1) is 4.34. The summed E-state index contributed by atoms with van der Waals surface area (Å²) in [6.45, 7) is 0.934. The molecule has 0 atom stereocenters. The Bertz CT molecular complexity index is 164. The second kappa shape index (κ2) is 5.13. The van der Waals surface area contributed by atoms with Crippen molar-refractivity contribution in [3.05, 3.63) is 0 Å². The molecule has 0 bridgehead atoms. The van der Waals surface area contributed by atoms with Gasteiger partial charge in [-0.25, -0.2) is 0 Å². The summed E-state index contributed by atoms with van der Waals surface area (Å²) in [7, 11) is 0. The van der Waals surface area contributed by atoms with Gasteiger partial charge in [0, 0.05) is 38.6 Å². The average Bonchev–Trinajstić information content (AvgIpc) is 1.60. The van der Waals surface area contributed by atoms with E-state index < -0.39 is 24.2 Å². The molecule has 6 heteroatoms. The van der Waals surface area contributed by atoms with E-state index >= 15 is 0 Å². The van der Waals surface area contributed by atoms with Gasteiger partial charge in [-0.1, -0.05) is 0 Å². The smallest absolute Gasteiger partial charge is 0.300 e. The number of hydrogen-bond acceptors (Lipinski definition) is 2. The van der Waals surface area contributed by atoms with Crippen LogP contribution in [0.4, 0.5) is 13.2 Å². The van der Waals surface area contributed by atoms with Gasteiger partial charge in [-0.15, -0.1) is 0 Å². The third kappa shape index (κ3) is 6.80. The molecule has 0 spiro atoms. The molecule has 67 valence electrons. The van der Waals surface area contributed by atoms with Gasteiger partial charge in [-0.3, -0.25) is 9.59 Å². The van der Waals surface area contributed by atoms with Crippen LogP contribution in [0.15, 0.2) is 0 Å². The van der Waals surface area contributed by atoms with Gasteiger partial charge in [-0.2, -0.15) is 13.2 Å². The van der Waals surface area contributed by atoms with Crippen LogP contribution in [0.3, 0.4) is 0 Å². The fraction of sp³-hybridized carbons (Fsp3) is 0.600. The molecule has 0 unspecified atom stereocenters. The molecule has 0 aromatic heterocycles. The third-order valence-corrected chi connectivity index (χ3v) is 0.726. The number of halogens is 3. The number of alkyl halides is 3. The van der Waals surface area contributed by atoms with Crippen molar-refractivity contribution in [1.82, 2.24) is 0 Å². The molecular formula is C5H5F3O2Tb. The molecule has 0 aromatic rings. The van der Waals surface area contributed by atoms with Gasteiger partial charge in [0.05, 0.1) is 6.42 Å². The Hall–Kier alpha value is 0.416. The van der Waals surface area contributed by atoms with E-state index in [9.17, 15) is 22.8 Å². The van der Waals surface area contributed by atoms with E-state index in [1.54, 1.807) is 0 Å². The molecule has 0 saturated carbocycles. The van der Waals surface area contributed by atoms with Crippen LogP contribution in [0, 0.1) is 38.6 Å². The summed E-state index contributed by atoms with van der Waals surface area (Å²) < 4.78 is 33.9. The van der Waals surface area contributed by atoms with E-state index in [4.69, 9.17) is 0 Å². The van der Waals surface area contributed by atoms with Crippen molar-refractivity contribution in [2.75, 3.05) is 0 Å². The van der Waals surface area contributed by atoms with Gasteiger partial charge in [0.25, 0.3) is 0 Å². The predicted molar refractivity (Wildman–Crippen MR) is 26.4 cm³/mol. The maximum atomic E-state index is 11.3. The van der Waals surface area contributed by atoms with Gasteiger partial charge < -0.3 is 0 Å². The van der Waals surface area contributed by atoms with Gasteiger partial charge in [-0.05, 0) is 6.92 Å². The molecule has 0 rings (SSSR count). The molecule has 0 aliphatic rings. The van der Waals surface area contributed by atoms with Crippen LogP contribution in [0.5, 0.6) is 0 Å². The summed E-state index contributed by atoms with van der Waals surface area (Å²) in [6, 6.07) is 0. The molecular weight excluding hydrogens is 308 g/mol. The first kappa shape index (κ1) is 14.0. The Kier molecular flexibility index (Phi) is 6.52. The maximum Gasteiger partial charge on any atom is 0.450 e. The normalized spacial score (nSPS) is 10.2. The summed E-state index contributed by atoms with van der Waals surface area (Å²) in [6.07, 6.45) is -5.92. The van der Waals surface area contributed by atoms with Crippen molar-refractivity contribution in [2.45, 2.75) is 19.5 Å². The molecule has 0 aliphatic heterocycles. The van der Waals surface area contributed by atoms with Gasteiger partial charge in [0.2, 0.25) is 5.78 Å².